The predicted molar refractivity (Wildman–Crippen MR) is 72.7 cm³/mol. The molecule has 0 radical (unpaired) electrons. The van der Waals surface area contributed by atoms with Crippen LogP contribution in [-0.2, 0) is 6.42 Å². The lowest BCUT2D eigenvalue weighted by Crippen LogP contribution is -2.01. The Morgan fingerprint density at radius 2 is 2.00 bits per heavy atom. The lowest BCUT2D eigenvalue weighted by molar-refractivity contribution is 0.954. The Hall–Kier alpha value is -0.710. The van der Waals surface area contributed by atoms with Crippen LogP contribution in [0.2, 0.25) is 0 Å². The zero-order valence-corrected chi connectivity index (χ0v) is 11.4. The summed E-state index contributed by atoms with van der Waals surface area (Å²) in [5, 5.41) is 1.12. The lowest BCUT2D eigenvalue weighted by Gasteiger charge is -1.98. The Morgan fingerprint density at radius 1 is 1.31 bits per heavy atom. The summed E-state index contributed by atoms with van der Waals surface area (Å²) >= 11 is 5.17. The smallest absolute Gasteiger partial charge is 0.0947 e. The standard InChI is InChI=1S/C12H13BrN2S/c1-8-12(15-11(16-8)6-7-14)9-2-4-10(13)5-3-9/h2-5H,6-7,14H2,1H3. The third-order valence-corrected chi connectivity index (χ3v) is 3.88. The van der Waals surface area contributed by atoms with Crippen LogP contribution < -0.4 is 5.73 Å². The number of aryl methyl sites for hydroxylation is 1. The van der Waals surface area contributed by atoms with Crippen LogP contribution in [0, 0.1) is 6.92 Å². The molecule has 2 nitrogen and oxygen atoms in total. The second-order valence-corrected chi connectivity index (χ2v) is 5.76. The molecule has 1 aromatic carbocycles. The number of hydrogen-bond donors (Lipinski definition) is 1. The first kappa shape index (κ1) is 11.8. The van der Waals surface area contributed by atoms with E-state index in [0.717, 1.165) is 21.6 Å². The minimum atomic E-state index is 0.659. The molecule has 0 spiro atoms. The Kier molecular flexibility index (Phi) is 3.74. The van der Waals surface area contributed by atoms with Crippen molar-refractivity contribution in [2.24, 2.45) is 5.73 Å². The zero-order valence-electron chi connectivity index (χ0n) is 9.03. The van der Waals surface area contributed by atoms with Crippen LogP contribution in [0.4, 0.5) is 0 Å². The molecule has 2 aromatic rings. The SMILES string of the molecule is Cc1sc(CCN)nc1-c1ccc(Br)cc1. The highest BCUT2D eigenvalue weighted by Gasteiger charge is 2.08. The summed E-state index contributed by atoms with van der Waals surface area (Å²) in [6, 6.07) is 8.24. The molecule has 0 amide bonds. The number of thiazole rings is 1. The molecule has 4 heteroatoms. The first-order chi connectivity index (χ1) is 7.70. The highest BCUT2D eigenvalue weighted by Crippen LogP contribution is 2.28. The second kappa shape index (κ2) is 5.08. The summed E-state index contributed by atoms with van der Waals surface area (Å²) < 4.78 is 1.09. The van der Waals surface area contributed by atoms with Gasteiger partial charge in [0.15, 0.2) is 0 Å². The molecular formula is C12H13BrN2S. The molecule has 0 saturated carbocycles. The molecule has 0 aliphatic heterocycles. The first-order valence-electron chi connectivity index (χ1n) is 5.13. The van der Waals surface area contributed by atoms with Crippen LogP contribution in [0.5, 0.6) is 0 Å². The first-order valence-corrected chi connectivity index (χ1v) is 6.74. The summed E-state index contributed by atoms with van der Waals surface area (Å²) in [6.07, 6.45) is 0.863. The van der Waals surface area contributed by atoms with Gasteiger partial charge in [0.05, 0.1) is 10.7 Å². The third kappa shape index (κ3) is 2.51. The van der Waals surface area contributed by atoms with Gasteiger partial charge in [0.25, 0.3) is 0 Å². The molecule has 2 rings (SSSR count). The van der Waals surface area contributed by atoms with Gasteiger partial charge in [0, 0.05) is 21.3 Å². The quantitative estimate of drug-likeness (QED) is 0.943. The van der Waals surface area contributed by atoms with E-state index in [1.807, 2.05) is 12.1 Å². The van der Waals surface area contributed by atoms with Crippen molar-refractivity contribution in [2.45, 2.75) is 13.3 Å². The van der Waals surface area contributed by atoms with Gasteiger partial charge in [-0.25, -0.2) is 4.98 Å². The van der Waals surface area contributed by atoms with E-state index in [0.29, 0.717) is 6.54 Å². The maximum Gasteiger partial charge on any atom is 0.0947 e. The average molecular weight is 297 g/mol. The molecule has 84 valence electrons. The molecule has 1 heterocycles. The summed E-state index contributed by atoms with van der Waals surface area (Å²) in [5.74, 6) is 0. The van der Waals surface area contributed by atoms with Crippen molar-refractivity contribution in [2.75, 3.05) is 6.54 Å². The van der Waals surface area contributed by atoms with Crippen molar-refractivity contribution >= 4 is 27.3 Å². The van der Waals surface area contributed by atoms with Crippen molar-refractivity contribution in [3.63, 3.8) is 0 Å². The Bertz CT molecular complexity index is 476. The number of rotatable bonds is 3. The molecule has 1 aromatic heterocycles. The van der Waals surface area contributed by atoms with Gasteiger partial charge >= 0.3 is 0 Å². The van der Waals surface area contributed by atoms with Gasteiger partial charge in [0.2, 0.25) is 0 Å². The Balaban J connectivity index is 2.36. The van der Waals surface area contributed by atoms with Crippen LogP contribution in [-0.4, -0.2) is 11.5 Å². The molecule has 0 aliphatic carbocycles. The van der Waals surface area contributed by atoms with E-state index in [4.69, 9.17) is 5.73 Å². The molecule has 2 N–H and O–H groups in total. The van der Waals surface area contributed by atoms with Crippen LogP contribution in [0.3, 0.4) is 0 Å². The maximum atomic E-state index is 5.54. The van der Waals surface area contributed by atoms with E-state index in [1.54, 1.807) is 11.3 Å². The van der Waals surface area contributed by atoms with E-state index >= 15 is 0 Å². The highest BCUT2D eigenvalue weighted by atomic mass is 79.9. The molecule has 0 saturated heterocycles. The molecule has 16 heavy (non-hydrogen) atoms. The van der Waals surface area contributed by atoms with Crippen LogP contribution in [0.1, 0.15) is 9.88 Å². The number of hydrogen-bond acceptors (Lipinski definition) is 3. The number of aromatic nitrogens is 1. The van der Waals surface area contributed by atoms with Crippen molar-refractivity contribution in [1.29, 1.82) is 0 Å². The number of halogens is 1. The van der Waals surface area contributed by atoms with Gasteiger partial charge < -0.3 is 5.73 Å². The van der Waals surface area contributed by atoms with Crippen LogP contribution >= 0.6 is 27.3 Å². The number of nitrogens with two attached hydrogens (primary N) is 1. The molecule has 0 atom stereocenters. The molecule has 0 bridgehead atoms. The van der Waals surface area contributed by atoms with Gasteiger partial charge in [-0.15, -0.1) is 11.3 Å². The van der Waals surface area contributed by atoms with Gasteiger partial charge in [-0.1, -0.05) is 28.1 Å². The Morgan fingerprint density at radius 3 is 2.62 bits per heavy atom. The van der Waals surface area contributed by atoms with Crippen molar-refractivity contribution in [1.82, 2.24) is 4.98 Å². The summed E-state index contributed by atoms with van der Waals surface area (Å²) in [6.45, 7) is 2.77. The lowest BCUT2D eigenvalue weighted by atomic mass is 10.1. The summed E-state index contributed by atoms with van der Waals surface area (Å²) in [5.41, 5.74) is 7.79. The van der Waals surface area contributed by atoms with E-state index in [1.165, 1.54) is 10.4 Å². The van der Waals surface area contributed by atoms with Gasteiger partial charge in [-0.2, -0.15) is 0 Å². The third-order valence-electron chi connectivity index (χ3n) is 2.32. The normalized spacial score (nSPS) is 10.7. The summed E-state index contributed by atoms with van der Waals surface area (Å²) in [4.78, 5) is 5.88. The molecule has 0 aliphatic rings. The predicted octanol–water partition coefficient (Wildman–Crippen LogP) is 3.38. The minimum Gasteiger partial charge on any atom is -0.330 e. The number of nitrogens with zero attached hydrogens (tertiary/aromatic N) is 1. The topological polar surface area (TPSA) is 38.9 Å². The van der Waals surface area contributed by atoms with Gasteiger partial charge in [-0.05, 0) is 25.6 Å². The average Bonchev–Trinajstić information content (AvgIpc) is 2.61. The Labute approximate surface area is 108 Å². The van der Waals surface area contributed by atoms with Gasteiger partial charge in [0.1, 0.15) is 0 Å². The molecular weight excluding hydrogens is 284 g/mol. The minimum absolute atomic E-state index is 0.659. The van der Waals surface area contributed by atoms with Crippen molar-refractivity contribution in [3.05, 3.63) is 38.6 Å². The van der Waals surface area contributed by atoms with Crippen LogP contribution in [0.25, 0.3) is 11.3 Å². The number of benzene rings is 1. The van der Waals surface area contributed by atoms with E-state index in [9.17, 15) is 0 Å². The molecule has 0 unspecified atom stereocenters. The fourth-order valence-electron chi connectivity index (χ4n) is 1.56. The largest absolute Gasteiger partial charge is 0.330 e. The van der Waals surface area contributed by atoms with E-state index in [-0.39, 0.29) is 0 Å². The highest BCUT2D eigenvalue weighted by molar-refractivity contribution is 9.10. The maximum absolute atomic E-state index is 5.54. The monoisotopic (exact) mass is 296 g/mol. The van der Waals surface area contributed by atoms with Crippen LogP contribution in [0.15, 0.2) is 28.7 Å². The second-order valence-electron chi connectivity index (χ2n) is 3.56. The van der Waals surface area contributed by atoms with E-state index < -0.39 is 0 Å². The van der Waals surface area contributed by atoms with Crippen molar-refractivity contribution in [3.8, 4) is 11.3 Å². The van der Waals surface area contributed by atoms with Gasteiger partial charge in [-0.3, -0.25) is 0 Å². The zero-order chi connectivity index (χ0) is 11.5. The fraction of sp³-hybridized carbons (Fsp3) is 0.250. The van der Waals surface area contributed by atoms with Crippen molar-refractivity contribution < 1.29 is 0 Å². The van der Waals surface area contributed by atoms with E-state index in [2.05, 4.69) is 40.0 Å². The fourth-order valence-corrected chi connectivity index (χ4v) is 2.79. The molecule has 0 fully saturated rings. The summed E-state index contributed by atoms with van der Waals surface area (Å²) in [7, 11) is 0.